The molecule has 3 aromatic rings. The van der Waals surface area contributed by atoms with Crippen LogP contribution in [0.25, 0.3) is 11.0 Å². The molecule has 0 spiro atoms. The summed E-state index contributed by atoms with van der Waals surface area (Å²) >= 11 is 0. The number of rotatable bonds is 5. The maximum atomic E-state index is 5.95. The average Bonchev–Trinajstić information content (AvgIpc) is 3.23. The fourth-order valence-electron chi connectivity index (χ4n) is 3.99. The molecule has 1 fully saturated rings. The molecule has 2 unspecified atom stereocenters. The van der Waals surface area contributed by atoms with Crippen LogP contribution in [0.15, 0.2) is 43.1 Å². The van der Waals surface area contributed by atoms with Gasteiger partial charge in [-0.25, -0.2) is 9.97 Å². The van der Waals surface area contributed by atoms with Crippen molar-refractivity contribution < 1.29 is 0 Å². The Morgan fingerprint density at radius 3 is 3.04 bits per heavy atom. The Labute approximate surface area is 142 Å². The summed E-state index contributed by atoms with van der Waals surface area (Å²) in [5.41, 5.74) is 8.27. The molecule has 24 heavy (non-hydrogen) atoms. The van der Waals surface area contributed by atoms with E-state index < -0.39 is 0 Å². The van der Waals surface area contributed by atoms with Gasteiger partial charge < -0.3 is 10.3 Å². The first-order chi connectivity index (χ1) is 11.8. The molecular formula is C19H23N5. The Balaban J connectivity index is 1.37. The Hall–Kier alpha value is -2.43. The number of aryl methyl sites for hydroxylation is 1. The molecule has 1 aliphatic rings. The molecule has 0 amide bonds. The molecule has 1 aliphatic carbocycles. The van der Waals surface area contributed by atoms with Crippen LogP contribution >= 0.6 is 0 Å². The minimum Gasteiger partial charge on any atom is -0.383 e. The topological polar surface area (TPSA) is 69.6 Å². The highest BCUT2D eigenvalue weighted by Crippen LogP contribution is 2.39. The highest BCUT2D eigenvalue weighted by atomic mass is 15.1. The normalized spacial score (nSPS) is 20.7. The molecule has 124 valence electrons. The van der Waals surface area contributed by atoms with Crippen LogP contribution in [0.5, 0.6) is 0 Å². The summed E-state index contributed by atoms with van der Waals surface area (Å²) in [7, 11) is 0. The van der Waals surface area contributed by atoms with Gasteiger partial charge in [0.1, 0.15) is 17.8 Å². The number of hydrogen-bond donors (Lipinski definition) is 1. The van der Waals surface area contributed by atoms with Gasteiger partial charge in [-0.2, -0.15) is 0 Å². The lowest BCUT2D eigenvalue weighted by molar-refractivity contribution is 0.449. The van der Waals surface area contributed by atoms with Crippen LogP contribution in [-0.2, 0) is 6.42 Å². The number of aromatic nitrogens is 4. The van der Waals surface area contributed by atoms with Crippen molar-refractivity contribution in [2.24, 2.45) is 5.92 Å². The highest BCUT2D eigenvalue weighted by Gasteiger charge is 2.26. The van der Waals surface area contributed by atoms with E-state index in [2.05, 4.69) is 31.8 Å². The van der Waals surface area contributed by atoms with Gasteiger partial charge in [-0.05, 0) is 55.7 Å². The first kappa shape index (κ1) is 15.1. The van der Waals surface area contributed by atoms with Crippen LogP contribution in [0.4, 0.5) is 5.82 Å². The van der Waals surface area contributed by atoms with Gasteiger partial charge in [-0.3, -0.25) is 4.98 Å². The second-order valence-electron chi connectivity index (χ2n) is 6.81. The largest absolute Gasteiger partial charge is 0.383 e. The molecule has 5 nitrogen and oxygen atoms in total. The van der Waals surface area contributed by atoms with Crippen LogP contribution in [0.2, 0.25) is 0 Å². The molecule has 5 heteroatoms. The average molecular weight is 321 g/mol. The van der Waals surface area contributed by atoms with Crippen molar-refractivity contribution in [2.45, 2.75) is 44.6 Å². The molecule has 2 N–H and O–H groups in total. The standard InChI is InChI=1S/C19H23N5/c20-18-17-8-10-24(19(17)23-13-22-18)16-7-6-14(11-16)3-1-4-15-5-2-9-21-12-15/h2,5,8-10,12-14,16H,1,3-4,6-7,11H2,(H2,20,22,23). The molecule has 3 aromatic heterocycles. The summed E-state index contributed by atoms with van der Waals surface area (Å²) in [6.45, 7) is 0. The van der Waals surface area contributed by atoms with Crippen molar-refractivity contribution in [1.82, 2.24) is 19.5 Å². The molecule has 0 saturated heterocycles. The predicted octanol–water partition coefficient (Wildman–Crippen LogP) is 3.77. The Kier molecular flexibility index (Phi) is 4.15. The summed E-state index contributed by atoms with van der Waals surface area (Å²) in [4.78, 5) is 12.7. The Bertz CT molecular complexity index is 811. The van der Waals surface area contributed by atoms with Crippen molar-refractivity contribution in [3.05, 3.63) is 48.7 Å². The van der Waals surface area contributed by atoms with Crippen molar-refractivity contribution in [3.8, 4) is 0 Å². The first-order valence-corrected chi connectivity index (χ1v) is 8.77. The fraction of sp³-hybridized carbons (Fsp3) is 0.421. The number of nitrogen functional groups attached to an aromatic ring is 1. The lowest BCUT2D eigenvalue weighted by atomic mass is 9.98. The summed E-state index contributed by atoms with van der Waals surface area (Å²) < 4.78 is 2.30. The smallest absolute Gasteiger partial charge is 0.145 e. The van der Waals surface area contributed by atoms with E-state index in [0.717, 1.165) is 23.4 Å². The molecule has 0 aromatic carbocycles. The predicted molar refractivity (Wildman–Crippen MR) is 95.5 cm³/mol. The number of nitrogens with zero attached hydrogens (tertiary/aromatic N) is 4. The van der Waals surface area contributed by atoms with E-state index in [1.54, 1.807) is 6.33 Å². The van der Waals surface area contributed by atoms with E-state index in [0.29, 0.717) is 11.9 Å². The number of pyridine rings is 1. The van der Waals surface area contributed by atoms with Crippen LogP contribution < -0.4 is 5.73 Å². The summed E-state index contributed by atoms with van der Waals surface area (Å²) in [6, 6.07) is 6.77. The second kappa shape index (κ2) is 6.59. The fourth-order valence-corrected chi connectivity index (χ4v) is 3.99. The first-order valence-electron chi connectivity index (χ1n) is 8.77. The Morgan fingerprint density at radius 1 is 1.21 bits per heavy atom. The van der Waals surface area contributed by atoms with Crippen LogP contribution in [0.1, 0.15) is 43.7 Å². The summed E-state index contributed by atoms with van der Waals surface area (Å²) in [6.07, 6.45) is 14.9. The molecule has 1 saturated carbocycles. The zero-order valence-electron chi connectivity index (χ0n) is 13.8. The van der Waals surface area contributed by atoms with E-state index in [1.165, 1.54) is 37.7 Å². The van der Waals surface area contributed by atoms with Crippen molar-refractivity contribution >= 4 is 16.9 Å². The number of nitrogens with two attached hydrogens (primary N) is 1. The van der Waals surface area contributed by atoms with Gasteiger partial charge >= 0.3 is 0 Å². The van der Waals surface area contributed by atoms with Gasteiger partial charge in [-0.15, -0.1) is 0 Å². The van der Waals surface area contributed by atoms with Gasteiger partial charge in [0.2, 0.25) is 0 Å². The molecule has 4 rings (SSSR count). The van der Waals surface area contributed by atoms with Crippen LogP contribution in [-0.4, -0.2) is 19.5 Å². The molecule has 2 atom stereocenters. The van der Waals surface area contributed by atoms with Gasteiger partial charge in [0.15, 0.2) is 0 Å². The van der Waals surface area contributed by atoms with Crippen molar-refractivity contribution in [3.63, 3.8) is 0 Å². The van der Waals surface area contributed by atoms with E-state index in [-0.39, 0.29) is 0 Å². The van der Waals surface area contributed by atoms with E-state index in [4.69, 9.17) is 5.73 Å². The summed E-state index contributed by atoms with van der Waals surface area (Å²) in [5.74, 6) is 1.38. The molecule has 0 aliphatic heterocycles. The minimum absolute atomic E-state index is 0.542. The second-order valence-corrected chi connectivity index (χ2v) is 6.81. The molecular weight excluding hydrogens is 298 g/mol. The van der Waals surface area contributed by atoms with Gasteiger partial charge in [-0.1, -0.05) is 12.5 Å². The van der Waals surface area contributed by atoms with E-state index in [1.807, 2.05) is 24.5 Å². The van der Waals surface area contributed by atoms with Crippen molar-refractivity contribution in [1.29, 1.82) is 0 Å². The van der Waals surface area contributed by atoms with Gasteiger partial charge in [0, 0.05) is 24.6 Å². The maximum absolute atomic E-state index is 5.95. The van der Waals surface area contributed by atoms with Crippen molar-refractivity contribution in [2.75, 3.05) is 5.73 Å². The summed E-state index contributed by atoms with van der Waals surface area (Å²) in [5, 5.41) is 0.970. The van der Waals surface area contributed by atoms with E-state index in [9.17, 15) is 0 Å². The number of fused-ring (bicyclic) bond motifs is 1. The Morgan fingerprint density at radius 2 is 2.17 bits per heavy atom. The third-order valence-corrected chi connectivity index (χ3v) is 5.25. The van der Waals surface area contributed by atoms with Gasteiger partial charge in [0.25, 0.3) is 0 Å². The third kappa shape index (κ3) is 2.98. The quantitative estimate of drug-likeness (QED) is 0.776. The lowest BCUT2D eigenvalue weighted by Gasteiger charge is -2.14. The maximum Gasteiger partial charge on any atom is 0.145 e. The molecule has 0 radical (unpaired) electrons. The highest BCUT2D eigenvalue weighted by molar-refractivity contribution is 5.86. The molecule has 3 heterocycles. The number of hydrogen-bond acceptors (Lipinski definition) is 4. The molecule has 0 bridgehead atoms. The minimum atomic E-state index is 0.542. The zero-order valence-corrected chi connectivity index (χ0v) is 13.8. The monoisotopic (exact) mass is 321 g/mol. The van der Waals surface area contributed by atoms with Crippen LogP contribution in [0.3, 0.4) is 0 Å². The SMILES string of the molecule is Nc1ncnc2c1ccn2C1CCC(CCCc2cccnc2)C1. The third-order valence-electron chi connectivity index (χ3n) is 5.25. The van der Waals surface area contributed by atoms with Crippen LogP contribution in [0, 0.1) is 5.92 Å². The zero-order chi connectivity index (χ0) is 16.4. The lowest BCUT2D eigenvalue weighted by Crippen LogP contribution is -2.06. The van der Waals surface area contributed by atoms with E-state index >= 15 is 0 Å². The van der Waals surface area contributed by atoms with Gasteiger partial charge in [0.05, 0.1) is 5.39 Å². The number of anilines is 1.